The van der Waals surface area contributed by atoms with Crippen LogP contribution in [0.4, 0.5) is 0 Å². The van der Waals surface area contributed by atoms with Gasteiger partial charge >= 0.3 is 5.97 Å². The molecule has 0 amide bonds. The number of nitrogens with zero attached hydrogens (tertiary/aromatic N) is 1. The summed E-state index contributed by atoms with van der Waals surface area (Å²) < 4.78 is 5.28. The van der Waals surface area contributed by atoms with Crippen LogP contribution in [0.2, 0.25) is 0 Å². The summed E-state index contributed by atoms with van der Waals surface area (Å²) in [6.45, 7) is 2.15. The molecule has 1 fully saturated rings. The summed E-state index contributed by atoms with van der Waals surface area (Å²) in [5.74, 6) is -1.66. The van der Waals surface area contributed by atoms with Crippen molar-refractivity contribution in [3.8, 4) is 0 Å². The van der Waals surface area contributed by atoms with Crippen LogP contribution in [0.3, 0.4) is 0 Å². The van der Waals surface area contributed by atoms with Crippen LogP contribution in [0.25, 0.3) is 0 Å². The second-order valence-corrected chi connectivity index (χ2v) is 5.51. The fourth-order valence-corrected chi connectivity index (χ4v) is 2.64. The van der Waals surface area contributed by atoms with E-state index in [1.807, 2.05) is 48.5 Å². The molecule has 1 aliphatic rings. The smallest absolute Gasteiger partial charge is 0.323 e. The van der Waals surface area contributed by atoms with Crippen molar-refractivity contribution < 1.29 is 14.3 Å². The zero-order chi connectivity index (χ0) is 16.2. The van der Waals surface area contributed by atoms with Crippen molar-refractivity contribution in [3.05, 3.63) is 71.8 Å². The minimum Gasteiger partial charge on any atom is -0.449 e. The first kappa shape index (κ1) is 15.2. The van der Waals surface area contributed by atoms with Gasteiger partial charge in [-0.1, -0.05) is 60.7 Å². The van der Waals surface area contributed by atoms with Gasteiger partial charge in [-0.2, -0.15) is 0 Å². The maximum absolute atomic E-state index is 12.5. The zero-order valence-electron chi connectivity index (χ0n) is 12.8. The molecule has 0 bridgehead atoms. The molecule has 3 rings (SSSR count). The van der Waals surface area contributed by atoms with Crippen molar-refractivity contribution in [3.63, 3.8) is 0 Å². The molecule has 116 valence electrons. The third kappa shape index (κ3) is 3.21. The molecule has 1 heterocycles. The van der Waals surface area contributed by atoms with E-state index >= 15 is 0 Å². The lowest BCUT2D eigenvalue weighted by atomic mass is 9.95. The number of Topliss-reactive ketones (excluding diaryl/α,β-unsaturated/α-hetero) is 1. The highest BCUT2D eigenvalue weighted by atomic mass is 16.6. The highest BCUT2D eigenvalue weighted by Gasteiger charge is 2.45. The SMILES string of the molecule is CC(=NCc1ccccc1)C1C(=O)O[C@@H](c2ccccc2)C1=O. The molecule has 0 saturated carbocycles. The summed E-state index contributed by atoms with van der Waals surface area (Å²) >= 11 is 0. The Balaban J connectivity index is 1.77. The van der Waals surface area contributed by atoms with E-state index < -0.39 is 18.0 Å². The van der Waals surface area contributed by atoms with E-state index in [1.54, 1.807) is 19.1 Å². The lowest BCUT2D eigenvalue weighted by Gasteiger charge is -2.07. The fraction of sp³-hybridized carbons (Fsp3) is 0.211. The lowest BCUT2D eigenvalue weighted by Crippen LogP contribution is -2.24. The van der Waals surface area contributed by atoms with Crippen LogP contribution in [0.5, 0.6) is 0 Å². The number of carbonyl (C=O) groups is 2. The van der Waals surface area contributed by atoms with Crippen LogP contribution in [0.15, 0.2) is 65.7 Å². The topological polar surface area (TPSA) is 55.7 Å². The highest BCUT2D eigenvalue weighted by Crippen LogP contribution is 2.31. The van der Waals surface area contributed by atoms with Crippen molar-refractivity contribution in [2.45, 2.75) is 19.6 Å². The maximum Gasteiger partial charge on any atom is 0.323 e. The molecule has 2 aromatic rings. The van der Waals surface area contributed by atoms with Gasteiger partial charge in [0.15, 0.2) is 17.8 Å². The Morgan fingerprint density at radius 1 is 1.00 bits per heavy atom. The first-order valence-corrected chi connectivity index (χ1v) is 7.51. The van der Waals surface area contributed by atoms with Crippen molar-refractivity contribution >= 4 is 17.5 Å². The van der Waals surface area contributed by atoms with Gasteiger partial charge in [0.05, 0.1) is 6.54 Å². The molecule has 23 heavy (non-hydrogen) atoms. The van der Waals surface area contributed by atoms with Gasteiger partial charge in [0, 0.05) is 11.3 Å². The third-order valence-electron chi connectivity index (χ3n) is 3.89. The summed E-state index contributed by atoms with van der Waals surface area (Å²) in [6, 6.07) is 18.8. The van der Waals surface area contributed by atoms with Crippen molar-refractivity contribution in [2.24, 2.45) is 10.9 Å². The largest absolute Gasteiger partial charge is 0.449 e. The lowest BCUT2D eigenvalue weighted by molar-refractivity contribution is -0.143. The minimum absolute atomic E-state index is 0.240. The van der Waals surface area contributed by atoms with E-state index in [-0.39, 0.29) is 5.78 Å². The zero-order valence-corrected chi connectivity index (χ0v) is 12.8. The summed E-state index contributed by atoms with van der Waals surface area (Å²) in [5.41, 5.74) is 2.23. The Hall–Kier alpha value is -2.75. The number of ketones is 1. The summed E-state index contributed by atoms with van der Waals surface area (Å²) in [6.07, 6.45) is -0.824. The second kappa shape index (κ2) is 6.57. The molecule has 0 N–H and O–H groups in total. The predicted octanol–water partition coefficient (Wildman–Crippen LogP) is 3.13. The number of benzene rings is 2. The normalized spacial score (nSPS) is 21.3. The monoisotopic (exact) mass is 307 g/mol. The molecule has 0 aliphatic carbocycles. The molecule has 0 radical (unpaired) electrons. The van der Waals surface area contributed by atoms with Crippen LogP contribution in [0, 0.1) is 5.92 Å². The third-order valence-corrected chi connectivity index (χ3v) is 3.89. The number of aliphatic imine (C=N–C) groups is 1. The molecule has 4 nitrogen and oxygen atoms in total. The van der Waals surface area contributed by atoms with Gasteiger partial charge in [-0.15, -0.1) is 0 Å². The summed E-state index contributed by atoms with van der Waals surface area (Å²) in [7, 11) is 0. The molecule has 0 spiro atoms. The number of esters is 1. The van der Waals surface area contributed by atoms with Crippen molar-refractivity contribution in [1.82, 2.24) is 0 Å². The molecular formula is C19H17NO3. The van der Waals surface area contributed by atoms with E-state index in [2.05, 4.69) is 4.99 Å². The molecule has 1 aliphatic heterocycles. The summed E-state index contributed by atoms with van der Waals surface area (Å²) in [4.78, 5) is 29.0. The van der Waals surface area contributed by atoms with E-state index in [0.717, 1.165) is 5.56 Å². The first-order valence-electron chi connectivity index (χ1n) is 7.51. The Bertz CT molecular complexity index is 738. The van der Waals surface area contributed by atoms with Gasteiger partial charge in [0.25, 0.3) is 0 Å². The van der Waals surface area contributed by atoms with Gasteiger partial charge in [-0.3, -0.25) is 14.6 Å². The molecule has 2 atom stereocenters. The average Bonchev–Trinajstić information content (AvgIpc) is 2.89. The van der Waals surface area contributed by atoms with Gasteiger partial charge in [-0.05, 0) is 12.5 Å². The standard InChI is InChI=1S/C19H17NO3/c1-13(20-12-14-8-4-2-5-9-14)16-17(21)18(23-19(16)22)15-10-6-3-7-11-15/h2-11,16,18H,12H2,1H3/t16?,18-/m0/s1. The van der Waals surface area contributed by atoms with Gasteiger partial charge in [0.1, 0.15) is 0 Å². The predicted molar refractivity (Wildman–Crippen MR) is 87.0 cm³/mol. The van der Waals surface area contributed by atoms with Crippen LogP contribution >= 0.6 is 0 Å². The van der Waals surface area contributed by atoms with Crippen LogP contribution in [-0.2, 0) is 20.9 Å². The van der Waals surface area contributed by atoms with Crippen molar-refractivity contribution in [2.75, 3.05) is 0 Å². The molecule has 4 heteroatoms. The molecule has 2 aromatic carbocycles. The molecule has 1 unspecified atom stereocenters. The number of cyclic esters (lactones) is 1. The molecule has 1 saturated heterocycles. The molecule has 0 aromatic heterocycles. The Morgan fingerprint density at radius 2 is 1.61 bits per heavy atom. The average molecular weight is 307 g/mol. The van der Waals surface area contributed by atoms with Gasteiger partial charge in [-0.25, -0.2) is 0 Å². The summed E-state index contributed by atoms with van der Waals surface area (Å²) in [5, 5.41) is 0. The first-order chi connectivity index (χ1) is 11.2. The van der Waals surface area contributed by atoms with Crippen LogP contribution in [0.1, 0.15) is 24.2 Å². The Labute approximate surface area is 134 Å². The Kier molecular flexibility index (Phi) is 4.33. The highest BCUT2D eigenvalue weighted by molar-refractivity contribution is 6.22. The van der Waals surface area contributed by atoms with E-state index in [4.69, 9.17) is 4.74 Å². The number of hydrogen-bond acceptors (Lipinski definition) is 4. The fourth-order valence-electron chi connectivity index (χ4n) is 2.64. The quantitative estimate of drug-likeness (QED) is 0.495. The van der Waals surface area contributed by atoms with Crippen molar-refractivity contribution in [1.29, 1.82) is 0 Å². The van der Waals surface area contributed by atoms with Crippen LogP contribution in [-0.4, -0.2) is 17.5 Å². The Morgan fingerprint density at radius 3 is 2.26 bits per heavy atom. The van der Waals surface area contributed by atoms with E-state index in [0.29, 0.717) is 17.8 Å². The van der Waals surface area contributed by atoms with E-state index in [9.17, 15) is 9.59 Å². The maximum atomic E-state index is 12.5. The number of rotatable bonds is 4. The van der Waals surface area contributed by atoms with Gasteiger partial charge in [0.2, 0.25) is 0 Å². The number of ether oxygens (including phenoxy) is 1. The number of hydrogen-bond donors (Lipinski definition) is 0. The van der Waals surface area contributed by atoms with E-state index in [1.165, 1.54) is 0 Å². The minimum atomic E-state index is -0.899. The number of carbonyl (C=O) groups excluding carboxylic acids is 2. The molecular weight excluding hydrogens is 290 g/mol. The van der Waals surface area contributed by atoms with Gasteiger partial charge < -0.3 is 4.74 Å². The van der Waals surface area contributed by atoms with Crippen LogP contribution < -0.4 is 0 Å². The second-order valence-electron chi connectivity index (χ2n) is 5.51.